The van der Waals surface area contributed by atoms with Gasteiger partial charge in [-0.15, -0.1) is 0 Å². The molecule has 0 radical (unpaired) electrons. The van der Waals surface area contributed by atoms with E-state index in [1.54, 1.807) is 7.11 Å². The molecule has 2 heteroatoms. The van der Waals surface area contributed by atoms with E-state index in [2.05, 4.69) is 19.2 Å². The maximum atomic E-state index is 5.16. The second-order valence-corrected chi connectivity index (χ2v) is 5.27. The van der Waals surface area contributed by atoms with Crippen molar-refractivity contribution < 1.29 is 4.74 Å². The normalized spacial score (nSPS) is 20.2. The molecule has 0 amide bonds. The van der Waals surface area contributed by atoms with Gasteiger partial charge in [-0.2, -0.15) is 0 Å². The van der Waals surface area contributed by atoms with Gasteiger partial charge >= 0.3 is 0 Å². The van der Waals surface area contributed by atoms with Gasteiger partial charge in [-0.3, -0.25) is 0 Å². The van der Waals surface area contributed by atoms with E-state index in [1.807, 2.05) is 0 Å². The van der Waals surface area contributed by atoms with Crippen LogP contribution in [0.25, 0.3) is 0 Å². The van der Waals surface area contributed by atoms with Gasteiger partial charge in [0.05, 0.1) is 0 Å². The van der Waals surface area contributed by atoms with Crippen LogP contribution >= 0.6 is 0 Å². The van der Waals surface area contributed by atoms with Crippen LogP contribution < -0.4 is 5.32 Å². The molecule has 0 heterocycles. The average Bonchev–Trinajstić information content (AvgIpc) is 2.96. The van der Waals surface area contributed by atoms with E-state index in [0.717, 1.165) is 12.5 Å². The Morgan fingerprint density at radius 1 is 1.40 bits per heavy atom. The van der Waals surface area contributed by atoms with Gasteiger partial charge in [0.15, 0.2) is 0 Å². The summed E-state index contributed by atoms with van der Waals surface area (Å²) in [6.45, 7) is 7.90. The first-order valence-electron chi connectivity index (χ1n) is 6.42. The fourth-order valence-corrected chi connectivity index (χ4v) is 2.19. The number of ether oxygens (including phenoxy) is 1. The molecule has 1 aliphatic carbocycles. The van der Waals surface area contributed by atoms with Gasteiger partial charge in [0.2, 0.25) is 0 Å². The van der Waals surface area contributed by atoms with Crippen LogP contribution in [0.1, 0.15) is 46.0 Å². The molecule has 0 aromatic heterocycles. The van der Waals surface area contributed by atoms with Gasteiger partial charge in [-0.1, -0.05) is 20.3 Å². The van der Waals surface area contributed by atoms with Gasteiger partial charge in [-0.25, -0.2) is 0 Å². The minimum Gasteiger partial charge on any atom is -0.385 e. The van der Waals surface area contributed by atoms with Crippen molar-refractivity contribution in [3.8, 4) is 0 Å². The summed E-state index contributed by atoms with van der Waals surface area (Å²) in [7, 11) is 1.80. The fourth-order valence-electron chi connectivity index (χ4n) is 2.19. The predicted molar refractivity (Wildman–Crippen MR) is 65.1 cm³/mol. The Hall–Kier alpha value is -0.0800. The standard InChI is InChI=1S/C13H27NO/c1-4-5-12(2)10-14-11-13(6-7-13)8-9-15-3/h12,14H,4-11H2,1-3H3. The van der Waals surface area contributed by atoms with Crippen LogP contribution in [0.2, 0.25) is 0 Å². The van der Waals surface area contributed by atoms with Gasteiger partial charge in [0, 0.05) is 20.3 Å². The number of nitrogens with one attached hydrogen (secondary N) is 1. The molecule has 1 fully saturated rings. The number of methoxy groups -OCH3 is 1. The fraction of sp³-hybridized carbons (Fsp3) is 1.00. The highest BCUT2D eigenvalue weighted by Crippen LogP contribution is 2.48. The van der Waals surface area contributed by atoms with E-state index >= 15 is 0 Å². The third kappa shape index (κ3) is 4.98. The van der Waals surface area contributed by atoms with Crippen molar-refractivity contribution in [3.05, 3.63) is 0 Å². The van der Waals surface area contributed by atoms with Crippen molar-refractivity contribution in [3.63, 3.8) is 0 Å². The Kier molecular flexibility index (Phi) is 5.62. The Morgan fingerprint density at radius 2 is 2.13 bits per heavy atom. The van der Waals surface area contributed by atoms with E-state index in [-0.39, 0.29) is 0 Å². The third-order valence-corrected chi connectivity index (χ3v) is 3.57. The summed E-state index contributed by atoms with van der Waals surface area (Å²) in [5.74, 6) is 0.827. The van der Waals surface area contributed by atoms with E-state index in [0.29, 0.717) is 5.41 Å². The van der Waals surface area contributed by atoms with Crippen molar-refractivity contribution in [1.29, 1.82) is 0 Å². The van der Waals surface area contributed by atoms with Crippen LogP contribution in [-0.4, -0.2) is 26.8 Å². The number of hydrogen-bond donors (Lipinski definition) is 1. The molecule has 0 aromatic carbocycles. The predicted octanol–water partition coefficient (Wildman–Crippen LogP) is 2.83. The molecular weight excluding hydrogens is 186 g/mol. The highest BCUT2D eigenvalue weighted by atomic mass is 16.5. The summed E-state index contributed by atoms with van der Waals surface area (Å²) < 4.78 is 5.16. The van der Waals surface area contributed by atoms with E-state index in [1.165, 1.54) is 45.2 Å². The van der Waals surface area contributed by atoms with Crippen molar-refractivity contribution in [2.75, 3.05) is 26.8 Å². The second kappa shape index (κ2) is 6.49. The maximum absolute atomic E-state index is 5.16. The molecule has 1 saturated carbocycles. The van der Waals surface area contributed by atoms with Crippen LogP contribution in [0, 0.1) is 11.3 Å². The van der Waals surface area contributed by atoms with E-state index in [9.17, 15) is 0 Å². The summed E-state index contributed by atoms with van der Waals surface area (Å²) in [5, 5.41) is 3.63. The van der Waals surface area contributed by atoms with Crippen LogP contribution in [-0.2, 0) is 4.74 Å². The first-order chi connectivity index (χ1) is 7.22. The summed E-state index contributed by atoms with van der Waals surface area (Å²) in [6, 6.07) is 0. The SMILES string of the molecule is CCCC(C)CNCC1(CCOC)CC1. The molecule has 1 atom stereocenters. The Bertz CT molecular complexity index is 166. The molecular formula is C13H27NO. The summed E-state index contributed by atoms with van der Waals surface area (Å²) in [6.07, 6.45) is 6.67. The van der Waals surface area contributed by atoms with Gasteiger partial charge < -0.3 is 10.1 Å². The van der Waals surface area contributed by atoms with Crippen molar-refractivity contribution in [2.45, 2.75) is 46.0 Å². The molecule has 1 unspecified atom stereocenters. The highest BCUT2D eigenvalue weighted by molar-refractivity contribution is 4.94. The molecule has 15 heavy (non-hydrogen) atoms. The van der Waals surface area contributed by atoms with E-state index < -0.39 is 0 Å². The summed E-state index contributed by atoms with van der Waals surface area (Å²) in [5.41, 5.74) is 0.599. The first-order valence-corrected chi connectivity index (χ1v) is 6.42. The molecule has 1 N–H and O–H groups in total. The van der Waals surface area contributed by atoms with Gasteiger partial charge in [-0.05, 0) is 43.6 Å². The lowest BCUT2D eigenvalue weighted by Gasteiger charge is -2.17. The topological polar surface area (TPSA) is 21.3 Å². The van der Waals surface area contributed by atoms with Crippen LogP contribution in [0.4, 0.5) is 0 Å². The molecule has 90 valence electrons. The Balaban J connectivity index is 2.04. The first kappa shape index (κ1) is 13.0. The number of rotatable bonds is 9. The molecule has 0 aliphatic heterocycles. The zero-order valence-corrected chi connectivity index (χ0v) is 10.6. The molecule has 1 aliphatic rings. The summed E-state index contributed by atoms with van der Waals surface area (Å²) in [4.78, 5) is 0. The highest BCUT2D eigenvalue weighted by Gasteiger charge is 2.41. The molecule has 0 saturated heterocycles. The minimum atomic E-state index is 0.599. The zero-order chi connectivity index (χ0) is 11.1. The largest absolute Gasteiger partial charge is 0.385 e. The average molecular weight is 213 g/mol. The quantitative estimate of drug-likeness (QED) is 0.636. The Labute approximate surface area is 94.8 Å². The lowest BCUT2D eigenvalue weighted by atomic mass is 10.0. The zero-order valence-electron chi connectivity index (χ0n) is 10.6. The van der Waals surface area contributed by atoms with Crippen LogP contribution in [0.5, 0.6) is 0 Å². The monoisotopic (exact) mass is 213 g/mol. The van der Waals surface area contributed by atoms with Crippen LogP contribution in [0.3, 0.4) is 0 Å². The molecule has 0 bridgehead atoms. The minimum absolute atomic E-state index is 0.599. The maximum Gasteiger partial charge on any atom is 0.0468 e. The smallest absolute Gasteiger partial charge is 0.0468 e. The van der Waals surface area contributed by atoms with E-state index in [4.69, 9.17) is 4.74 Å². The van der Waals surface area contributed by atoms with Crippen molar-refractivity contribution in [1.82, 2.24) is 5.32 Å². The molecule has 1 rings (SSSR count). The van der Waals surface area contributed by atoms with Gasteiger partial charge in [0.1, 0.15) is 0 Å². The Morgan fingerprint density at radius 3 is 2.67 bits per heavy atom. The van der Waals surface area contributed by atoms with Crippen LogP contribution in [0.15, 0.2) is 0 Å². The third-order valence-electron chi connectivity index (χ3n) is 3.57. The molecule has 2 nitrogen and oxygen atoms in total. The second-order valence-electron chi connectivity index (χ2n) is 5.27. The number of hydrogen-bond acceptors (Lipinski definition) is 2. The molecule has 0 aromatic rings. The molecule has 0 spiro atoms. The van der Waals surface area contributed by atoms with Crippen molar-refractivity contribution >= 4 is 0 Å². The summed E-state index contributed by atoms with van der Waals surface area (Å²) >= 11 is 0. The van der Waals surface area contributed by atoms with Crippen molar-refractivity contribution in [2.24, 2.45) is 11.3 Å². The lowest BCUT2D eigenvalue weighted by molar-refractivity contribution is 0.171. The van der Waals surface area contributed by atoms with Gasteiger partial charge in [0.25, 0.3) is 0 Å². The lowest BCUT2D eigenvalue weighted by Crippen LogP contribution is -2.28.